The van der Waals surface area contributed by atoms with Gasteiger partial charge in [-0.1, -0.05) is 24.3 Å². The number of hydrogen-bond donors (Lipinski definition) is 2. The first-order chi connectivity index (χ1) is 13.5. The van der Waals surface area contributed by atoms with Gasteiger partial charge in [-0.25, -0.2) is 4.79 Å². The van der Waals surface area contributed by atoms with E-state index in [0.29, 0.717) is 11.5 Å². The summed E-state index contributed by atoms with van der Waals surface area (Å²) in [4.78, 5) is 35.5. The highest BCUT2D eigenvalue weighted by Gasteiger charge is 2.15. The first-order valence-electron chi connectivity index (χ1n) is 8.59. The second kappa shape index (κ2) is 11.0. The molecule has 2 rings (SSSR count). The molecule has 8 heteroatoms. The van der Waals surface area contributed by atoms with Crippen LogP contribution in [0.1, 0.15) is 15.9 Å². The first kappa shape index (κ1) is 21.3. The van der Waals surface area contributed by atoms with Crippen molar-refractivity contribution in [1.82, 2.24) is 5.32 Å². The lowest BCUT2D eigenvalue weighted by Gasteiger charge is -2.10. The molecule has 0 aromatic heterocycles. The predicted molar refractivity (Wildman–Crippen MR) is 106 cm³/mol. The number of hydrogen-bond acceptors (Lipinski definition) is 6. The van der Waals surface area contributed by atoms with Gasteiger partial charge >= 0.3 is 5.97 Å². The topological polar surface area (TPSA) is 108 Å². The van der Waals surface area contributed by atoms with Gasteiger partial charge in [0.1, 0.15) is 12.4 Å². The number of amides is 2. The highest BCUT2D eigenvalue weighted by molar-refractivity contribution is 8.00. The van der Waals surface area contributed by atoms with Gasteiger partial charge in [0.15, 0.2) is 6.61 Å². The summed E-state index contributed by atoms with van der Waals surface area (Å²) in [5.74, 6) is -0.778. The molecule has 0 spiro atoms. The first-order valence-corrected chi connectivity index (χ1v) is 9.57. The highest BCUT2D eigenvalue weighted by atomic mass is 32.2. The van der Waals surface area contributed by atoms with Gasteiger partial charge in [0.05, 0.1) is 17.9 Å². The minimum atomic E-state index is -0.640. The Morgan fingerprint density at radius 2 is 1.89 bits per heavy atom. The third kappa shape index (κ3) is 7.32. The van der Waals surface area contributed by atoms with E-state index >= 15 is 0 Å². The Morgan fingerprint density at radius 1 is 1.11 bits per heavy atom. The van der Waals surface area contributed by atoms with Gasteiger partial charge in [0.25, 0.3) is 5.91 Å². The van der Waals surface area contributed by atoms with E-state index in [1.54, 1.807) is 24.3 Å². The molecule has 148 valence electrons. The zero-order valence-electron chi connectivity index (χ0n) is 15.5. The van der Waals surface area contributed by atoms with Gasteiger partial charge < -0.3 is 20.5 Å². The van der Waals surface area contributed by atoms with Crippen LogP contribution in [0.2, 0.25) is 0 Å². The molecule has 0 atom stereocenters. The zero-order valence-corrected chi connectivity index (χ0v) is 16.3. The maximum Gasteiger partial charge on any atom is 0.339 e. The predicted octanol–water partition coefficient (Wildman–Crippen LogP) is 1.92. The molecule has 0 bridgehead atoms. The highest BCUT2D eigenvalue weighted by Crippen LogP contribution is 2.23. The van der Waals surface area contributed by atoms with Gasteiger partial charge in [-0.2, -0.15) is 0 Å². The van der Waals surface area contributed by atoms with Crippen molar-refractivity contribution in [3.05, 3.63) is 59.7 Å². The summed E-state index contributed by atoms with van der Waals surface area (Å²) in [5, 5.41) is 2.62. The van der Waals surface area contributed by atoms with E-state index in [1.807, 2.05) is 31.2 Å². The third-order valence-corrected chi connectivity index (χ3v) is 4.59. The number of thioether (sulfide) groups is 1. The van der Waals surface area contributed by atoms with E-state index in [-0.39, 0.29) is 17.9 Å². The van der Waals surface area contributed by atoms with Crippen molar-refractivity contribution in [2.24, 2.45) is 5.73 Å². The summed E-state index contributed by atoms with van der Waals surface area (Å²) in [6, 6.07) is 14.3. The Morgan fingerprint density at radius 3 is 2.64 bits per heavy atom. The molecule has 0 aliphatic carbocycles. The van der Waals surface area contributed by atoms with Crippen LogP contribution in [0.5, 0.6) is 5.75 Å². The molecule has 0 saturated carbocycles. The fraction of sp³-hybridized carbons (Fsp3) is 0.250. The lowest BCUT2D eigenvalue weighted by molar-refractivity contribution is -0.124. The summed E-state index contributed by atoms with van der Waals surface area (Å²) >= 11 is 1.14. The molecule has 0 unspecified atom stereocenters. The van der Waals surface area contributed by atoms with Crippen molar-refractivity contribution >= 4 is 29.5 Å². The number of ether oxygens (including phenoxy) is 2. The van der Waals surface area contributed by atoms with E-state index in [1.165, 1.54) is 0 Å². The lowest BCUT2D eigenvalue weighted by atomic mass is 10.2. The molecule has 0 saturated heterocycles. The molecule has 0 radical (unpaired) electrons. The van der Waals surface area contributed by atoms with Gasteiger partial charge in [0.2, 0.25) is 5.91 Å². The molecule has 0 aliphatic rings. The average molecular weight is 402 g/mol. The third-order valence-electron chi connectivity index (χ3n) is 3.49. The number of nitrogens with one attached hydrogen (secondary N) is 1. The minimum absolute atomic E-state index is 0.0473. The van der Waals surface area contributed by atoms with Crippen molar-refractivity contribution < 1.29 is 23.9 Å². The molecule has 3 N–H and O–H groups in total. The molecule has 28 heavy (non-hydrogen) atoms. The Balaban J connectivity index is 1.73. The van der Waals surface area contributed by atoms with Crippen LogP contribution >= 0.6 is 11.8 Å². The van der Waals surface area contributed by atoms with Crippen LogP contribution in [0.4, 0.5) is 0 Å². The van der Waals surface area contributed by atoms with Crippen molar-refractivity contribution in [3.63, 3.8) is 0 Å². The van der Waals surface area contributed by atoms with Crippen LogP contribution in [0.15, 0.2) is 53.4 Å². The molecular weight excluding hydrogens is 380 g/mol. The van der Waals surface area contributed by atoms with Crippen molar-refractivity contribution in [2.75, 3.05) is 25.5 Å². The Hall–Kier alpha value is -3.00. The van der Waals surface area contributed by atoms with E-state index in [0.717, 1.165) is 23.1 Å². The van der Waals surface area contributed by atoms with Crippen LogP contribution < -0.4 is 15.8 Å². The van der Waals surface area contributed by atoms with Gasteiger partial charge in [0, 0.05) is 4.90 Å². The lowest BCUT2D eigenvalue weighted by Crippen LogP contribution is -2.32. The number of carbonyl (C=O) groups is 3. The number of nitrogens with two attached hydrogens (primary N) is 1. The smallest absolute Gasteiger partial charge is 0.339 e. The standard InChI is InChI=1S/C20H22N2O5S/c1-14-5-4-6-15(11-14)26-10-9-22-19(24)12-27-20(25)16-7-2-3-8-17(16)28-13-18(21)23/h2-8,11H,9-10,12-13H2,1H3,(H2,21,23)(H,22,24). The Labute approximate surface area is 167 Å². The number of carbonyl (C=O) groups excluding carboxylic acids is 3. The van der Waals surface area contributed by atoms with Crippen LogP contribution in [0.3, 0.4) is 0 Å². The molecule has 0 heterocycles. The van der Waals surface area contributed by atoms with Crippen molar-refractivity contribution in [1.29, 1.82) is 0 Å². The molecule has 2 aromatic carbocycles. The summed E-state index contributed by atoms with van der Waals surface area (Å²) in [5.41, 5.74) is 6.50. The fourth-order valence-corrected chi connectivity index (χ4v) is 3.01. The summed E-state index contributed by atoms with van der Waals surface area (Å²) in [6.07, 6.45) is 0. The largest absolute Gasteiger partial charge is 0.492 e. The quantitative estimate of drug-likeness (QED) is 0.357. The second-order valence-electron chi connectivity index (χ2n) is 5.84. The minimum Gasteiger partial charge on any atom is -0.492 e. The van der Waals surface area contributed by atoms with Crippen LogP contribution in [-0.2, 0) is 14.3 Å². The summed E-state index contributed by atoms with van der Waals surface area (Å²) in [6.45, 7) is 2.15. The summed E-state index contributed by atoms with van der Waals surface area (Å²) in [7, 11) is 0. The SMILES string of the molecule is Cc1cccc(OCCNC(=O)COC(=O)c2ccccc2SCC(N)=O)c1. The van der Waals surface area contributed by atoms with Crippen LogP contribution in [-0.4, -0.2) is 43.3 Å². The molecule has 0 fully saturated rings. The summed E-state index contributed by atoms with van der Waals surface area (Å²) < 4.78 is 10.6. The van der Waals surface area contributed by atoms with Crippen molar-refractivity contribution in [2.45, 2.75) is 11.8 Å². The number of primary amides is 1. The maximum absolute atomic E-state index is 12.2. The van der Waals surface area contributed by atoms with Crippen molar-refractivity contribution in [3.8, 4) is 5.75 Å². The molecular formula is C20H22N2O5S. The van der Waals surface area contributed by atoms with Gasteiger partial charge in [-0.05, 0) is 36.8 Å². The normalized spacial score (nSPS) is 10.2. The number of aryl methyl sites for hydroxylation is 1. The van der Waals surface area contributed by atoms with E-state index in [4.69, 9.17) is 15.2 Å². The van der Waals surface area contributed by atoms with Gasteiger partial charge in [-0.3, -0.25) is 9.59 Å². The van der Waals surface area contributed by atoms with E-state index in [2.05, 4.69) is 5.32 Å². The zero-order chi connectivity index (χ0) is 20.4. The Kier molecular flexibility index (Phi) is 8.36. The maximum atomic E-state index is 12.2. The van der Waals surface area contributed by atoms with Crippen LogP contribution in [0.25, 0.3) is 0 Å². The average Bonchev–Trinajstić information content (AvgIpc) is 2.68. The molecule has 2 amide bonds. The fourth-order valence-electron chi connectivity index (χ4n) is 2.23. The number of rotatable bonds is 10. The van der Waals surface area contributed by atoms with Crippen LogP contribution in [0, 0.1) is 6.92 Å². The second-order valence-corrected chi connectivity index (χ2v) is 6.86. The number of benzene rings is 2. The molecule has 7 nitrogen and oxygen atoms in total. The molecule has 0 aliphatic heterocycles. The Bertz CT molecular complexity index is 841. The van der Waals surface area contributed by atoms with E-state index in [9.17, 15) is 14.4 Å². The molecule has 2 aromatic rings. The number of esters is 1. The monoisotopic (exact) mass is 402 g/mol. The van der Waals surface area contributed by atoms with Gasteiger partial charge in [-0.15, -0.1) is 11.8 Å². The van der Waals surface area contributed by atoms with E-state index < -0.39 is 24.4 Å².